The highest BCUT2D eigenvalue weighted by Crippen LogP contribution is 2.28. The highest BCUT2D eigenvalue weighted by atomic mass is 35.5. The van der Waals surface area contributed by atoms with Gasteiger partial charge in [0.25, 0.3) is 0 Å². The van der Waals surface area contributed by atoms with E-state index in [9.17, 15) is 0 Å². The Hall–Kier alpha value is 0.250. The molecule has 0 aromatic heterocycles. The lowest BCUT2D eigenvalue weighted by Crippen LogP contribution is -2.24. The van der Waals surface area contributed by atoms with Gasteiger partial charge < -0.3 is 5.73 Å². The number of rotatable bonds is 3. The van der Waals surface area contributed by atoms with Gasteiger partial charge in [-0.05, 0) is 31.1 Å². The molecule has 0 aliphatic heterocycles. The second-order valence-corrected chi connectivity index (χ2v) is 4.33. The summed E-state index contributed by atoms with van der Waals surface area (Å²) in [6, 6.07) is 0.522. The maximum atomic E-state index is 5.97. The number of nitrogens with two attached hydrogens (primary N) is 1. The Morgan fingerprint density at radius 1 is 1.33 bits per heavy atom. The molecular formula is C10H22ClN. The van der Waals surface area contributed by atoms with Crippen molar-refractivity contribution in [3.63, 3.8) is 0 Å². The van der Waals surface area contributed by atoms with Crippen LogP contribution in [0.25, 0.3) is 0 Å². The van der Waals surface area contributed by atoms with E-state index >= 15 is 0 Å². The third-order valence-electron chi connectivity index (χ3n) is 2.83. The molecule has 0 amide bonds. The van der Waals surface area contributed by atoms with Gasteiger partial charge >= 0.3 is 0 Å². The van der Waals surface area contributed by atoms with Gasteiger partial charge in [-0.25, -0.2) is 0 Å². The van der Waals surface area contributed by atoms with E-state index in [4.69, 9.17) is 5.73 Å². The highest BCUT2D eigenvalue weighted by molar-refractivity contribution is 5.85. The predicted molar refractivity (Wildman–Crippen MR) is 56.6 cm³/mol. The monoisotopic (exact) mass is 191 g/mol. The Labute approximate surface area is 82.5 Å². The quantitative estimate of drug-likeness (QED) is 0.730. The van der Waals surface area contributed by atoms with Crippen molar-refractivity contribution in [3.8, 4) is 0 Å². The van der Waals surface area contributed by atoms with Crippen LogP contribution in [0.15, 0.2) is 0 Å². The Morgan fingerprint density at radius 2 is 2.00 bits per heavy atom. The van der Waals surface area contributed by atoms with Gasteiger partial charge in [0, 0.05) is 6.04 Å². The normalized spacial score (nSPS) is 29.0. The third-order valence-corrected chi connectivity index (χ3v) is 2.83. The van der Waals surface area contributed by atoms with Crippen molar-refractivity contribution >= 4 is 12.4 Å². The maximum Gasteiger partial charge on any atom is 0.00671 e. The van der Waals surface area contributed by atoms with Crippen molar-refractivity contribution < 1.29 is 0 Å². The predicted octanol–water partition coefficient (Wildman–Crippen LogP) is 2.97. The first-order valence-corrected chi connectivity index (χ1v) is 4.95. The van der Waals surface area contributed by atoms with Crippen molar-refractivity contribution in [1.29, 1.82) is 0 Å². The smallest absolute Gasteiger partial charge is 0.00671 e. The molecule has 1 aliphatic rings. The van der Waals surface area contributed by atoms with Crippen LogP contribution in [0.1, 0.15) is 46.0 Å². The lowest BCUT2D eigenvalue weighted by Gasteiger charge is -2.15. The van der Waals surface area contributed by atoms with Crippen LogP contribution in [-0.2, 0) is 0 Å². The SMILES string of the molecule is CC(C)CCC1CCCC1N.Cl. The van der Waals surface area contributed by atoms with E-state index in [-0.39, 0.29) is 12.4 Å². The summed E-state index contributed by atoms with van der Waals surface area (Å²) in [4.78, 5) is 0. The molecule has 1 saturated carbocycles. The number of hydrogen-bond acceptors (Lipinski definition) is 1. The van der Waals surface area contributed by atoms with Crippen molar-refractivity contribution in [2.75, 3.05) is 0 Å². The van der Waals surface area contributed by atoms with E-state index in [0.29, 0.717) is 6.04 Å². The lowest BCUT2D eigenvalue weighted by molar-refractivity contribution is 0.398. The minimum atomic E-state index is 0. The van der Waals surface area contributed by atoms with E-state index in [1.54, 1.807) is 0 Å². The van der Waals surface area contributed by atoms with E-state index in [1.807, 2.05) is 0 Å². The lowest BCUT2D eigenvalue weighted by atomic mass is 9.94. The molecule has 0 aromatic rings. The fraction of sp³-hybridized carbons (Fsp3) is 1.00. The molecule has 0 heterocycles. The van der Waals surface area contributed by atoms with E-state index in [1.165, 1.54) is 32.1 Å². The second-order valence-electron chi connectivity index (χ2n) is 4.33. The van der Waals surface area contributed by atoms with Gasteiger partial charge in [0.2, 0.25) is 0 Å². The first kappa shape index (κ1) is 12.2. The Morgan fingerprint density at radius 3 is 2.42 bits per heavy atom. The van der Waals surface area contributed by atoms with Gasteiger partial charge in [0.1, 0.15) is 0 Å². The van der Waals surface area contributed by atoms with Crippen molar-refractivity contribution in [2.45, 2.75) is 52.0 Å². The molecule has 2 N–H and O–H groups in total. The highest BCUT2D eigenvalue weighted by Gasteiger charge is 2.23. The molecule has 1 rings (SSSR count). The summed E-state index contributed by atoms with van der Waals surface area (Å²) in [6.45, 7) is 4.58. The molecular weight excluding hydrogens is 170 g/mol. The van der Waals surface area contributed by atoms with Gasteiger partial charge in [-0.2, -0.15) is 0 Å². The first-order chi connectivity index (χ1) is 5.20. The molecule has 1 nitrogen and oxygen atoms in total. The van der Waals surface area contributed by atoms with Crippen LogP contribution in [-0.4, -0.2) is 6.04 Å². The molecule has 74 valence electrons. The molecule has 1 fully saturated rings. The summed E-state index contributed by atoms with van der Waals surface area (Å²) in [5.41, 5.74) is 5.97. The van der Waals surface area contributed by atoms with Gasteiger partial charge in [-0.15, -0.1) is 12.4 Å². The van der Waals surface area contributed by atoms with Gasteiger partial charge in [0.15, 0.2) is 0 Å². The molecule has 0 radical (unpaired) electrons. The van der Waals surface area contributed by atoms with E-state index in [0.717, 1.165) is 11.8 Å². The number of halogens is 1. The van der Waals surface area contributed by atoms with Gasteiger partial charge in [-0.1, -0.05) is 26.7 Å². The standard InChI is InChI=1S/C10H21N.ClH/c1-8(2)6-7-9-4-3-5-10(9)11;/h8-10H,3-7,11H2,1-2H3;1H. The fourth-order valence-corrected chi connectivity index (χ4v) is 1.97. The first-order valence-electron chi connectivity index (χ1n) is 4.95. The topological polar surface area (TPSA) is 26.0 Å². The van der Waals surface area contributed by atoms with Crippen molar-refractivity contribution in [1.82, 2.24) is 0 Å². The van der Waals surface area contributed by atoms with Crippen LogP contribution in [0.3, 0.4) is 0 Å². The zero-order chi connectivity index (χ0) is 8.27. The van der Waals surface area contributed by atoms with Crippen LogP contribution in [0, 0.1) is 11.8 Å². The average molecular weight is 192 g/mol. The van der Waals surface area contributed by atoms with Crippen molar-refractivity contribution in [2.24, 2.45) is 17.6 Å². The number of hydrogen-bond donors (Lipinski definition) is 1. The summed E-state index contributed by atoms with van der Waals surface area (Å²) in [5, 5.41) is 0. The summed E-state index contributed by atoms with van der Waals surface area (Å²) in [6.07, 6.45) is 6.73. The average Bonchev–Trinajstić information content (AvgIpc) is 2.31. The minimum absolute atomic E-state index is 0. The summed E-state index contributed by atoms with van der Waals surface area (Å²) < 4.78 is 0. The molecule has 0 aromatic carbocycles. The molecule has 0 saturated heterocycles. The maximum absolute atomic E-state index is 5.97. The Kier molecular flexibility index (Phi) is 5.94. The summed E-state index contributed by atoms with van der Waals surface area (Å²) in [7, 11) is 0. The van der Waals surface area contributed by atoms with Crippen LogP contribution >= 0.6 is 12.4 Å². The summed E-state index contributed by atoms with van der Waals surface area (Å²) in [5.74, 6) is 1.69. The minimum Gasteiger partial charge on any atom is -0.327 e. The molecule has 12 heavy (non-hydrogen) atoms. The summed E-state index contributed by atoms with van der Waals surface area (Å²) >= 11 is 0. The molecule has 2 unspecified atom stereocenters. The largest absolute Gasteiger partial charge is 0.327 e. The fourth-order valence-electron chi connectivity index (χ4n) is 1.97. The molecule has 2 heteroatoms. The van der Waals surface area contributed by atoms with Crippen LogP contribution in [0.5, 0.6) is 0 Å². The second kappa shape index (κ2) is 5.82. The zero-order valence-corrected chi connectivity index (χ0v) is 9.07. The molecule has 0 bridgehead atoms. The van der Waals surface area contributed by atoms with Gasteiger partial charge in [-0.3, -0.25) is 0 Å². The van der Waals surface area contributed by atoms with E-state index in [2.05, 4.69) is 13.8 Å². The van der Waals surface area contributed by atoms with Crippen LogP contribution in [0.4, 0.5) is 0 Å². The zero-order valence-electron chi connectivity index (χ0n) is 8.25. The Balaban J connectivity index is 0.00000121. The molecule has 2 atom stereocenters. The van der Waals surface area contributed by atoms with Gasteiger partial charge in [0.05, 0.1) is 0 Å². The van der Waals surface area contributed by atoms with Crippen LogP contribution < -0.4 is 5.73 Å². The third kappa shape index (κ3) is 3.77. The van der Waals surface area contributed by atoms with Crippen molar-refractivity contribution in [3.05, 3.63) is 0 Å². The molecule has 1 aliphatic carbocycles. The Bertz CT molecular complexity index is 114. The van der Waals surface area contributed by atoms with E-state index < -0.39 is 0 Å². The van der Waals surface area contributed by atoms with Crippen LogP contribution in [0.2, 0.25) is 0 Å². The molecule has 0 spiro atoms.